The van der Waals surface area contributed by atoms with E-state index in [-0.39, 0.29) is 5.75 Å². The summed E-state index contributed by atoms with van der Waals surface area (Å²) in [6.07, 6.45) is 5.22. The summed E-state index contributed by atoms with van der Waals surface area (Å²) in [5.74, 6) is 1.76. The average Bonchev–Trinajstić information content (AvgIpc) is 3.02. The van der Waals surface area contributed by atoms with Crippen LogP contribution >= 0.6 is 0 Å². The molecule has 0 unspecified atom stereocenters. The Morgan fingerprint density at radius 3 is 2.69 bits per heavy atom. The van der Waals surface area contributed by atoms with Crippen molar-refractivity contribution < 1.29 is 9.84 Å². The Bertz CT molecular complexity index is 1040. The standard InChI is InChI=1S/C20H18N4O2/c1-2-26-15-9-7-14(8-10-15)22-20-19(16-5-3-4-6-17(16)25)23-18-13-21-11-12-24(18)20/h3-13,22,25H,2H2,1H3. The number of aromatic nitrogens is 3. The molecule has 0 fully saturated rings. The number of fused-ring (bicyclic) bond motifs is 1. The molecule has 0 spiro atoms. The second-order valence-corrected chi connectivity index (χ2v) is 5.71. The van der Waals surface area contributed by atoms with E-state index in [0.717, 1.165) is 17.3 Å². The number of hydrogen-bond acceptors (Lipinski definition) is 5. The van der Waals surface area contributed by atoms with Gasteiger partial charge in [-0.1, -0.05) is 12.1 Å². The first-order valence-corrected chi connectivity index (χ1v) is 8.36. The fraction of sp³-hybridized carbons (Fsp3) is 0.100. The van der Waals surface area contributed by atoms with Crippen molar-refractivity contribution in [3.05, 3.63) is 67.1 Å². The van der Waals surface area contributed by atoms with Crippen LogP contribution in [0.5, 0.6) is 11.5 Å². The van der Waals surface area contributed by atoms with Crippen LogP contribution in [0.2, 0.25) is 0 Å². The van der Waals surface area contributed by atoms with E-state index in [0.29, 0.717) is 23.5 Å². The summed E-state index contributed by atoms with van der Waals surface area (Å²) in [6, 6.07) is 14.9. The predicted molar refractivity (Wildman–Crippen MR) is 101 cm³/mol. The van der Waals surface area contributed by atoms with E-state index in [1.807, 2.05) is 53.9 Å². The van der Waals surface area contributed by atoms with Crippen molar-refractivity contribution in [3.8, 4) is 22.8 Å². The first-order chi connectivity index (χ1) is 12.8. The number of phenols is 1. The number of phenolic OH excluding ortho intramolecular Hbond substituents is 1. The molecule has 0 radical (unpaired) electrons. The van der Waals surface area contributed by atoms with Crippen LogP contribution in [0.25, 0.3) is 16.9 Å². The van der Waals surface area contributed by atoms with Crippen LogP contribution in [-0.2, 0) is 0 Å². The molecule has 26 heavy (non-hydrogen) atoms. The molecule has 2 aromatic heterocycles. The maximum Gasteiger partial charge on any atom is 0.157 e. The van der Waals surface area contributed by atoms with Gasteiger partial charge < -0.3 is 15.2 Å². The second-order valence-electron chi connectivity index (χ2n) is 5.71. The van der Waals surface area contributed by atoms with Gasteiger partial charge in [-0.05, 0) is 43.3 Å². The van der Waals surface area contributed by atoms with Gasteiger partial charge in [0.2, 0.25) is 0 Å². The molecule has 0 amide bonds. The summed E-state index contributed by atoms with van der Waals surface area (Å²) >= 11 is 0. The summed E-state index contributed by atoms with van der Waals surface area (Å²) < 4.78 is 7.40. The number of benzene rings is 2. The van der Waals surface area contributed by atoms with Crippen molar-refractivity contribution in [1.29, 1.82) is 0 Å². The Morgan fingerprint density at radius 2 is 1.92 bits per heavy atom. The van der Waals surface area contributed by atoms with Crippen molar-refractivity contribution in [2.45, 2.75) is 6.92 Å². The van der Waals surface area contributed by atoms with Crippen molar-refractivity contribution in [2.24, 2.45) is 0 Å². The molecule has 6 nitrogen and oxygen atoms in total. The monoisotopic (exact) mass is 346 g/mol. The largest absolute Gasteiger partial charge is 0.507 e. The van der Waals surface area contributed by atoms with E-state index in [2.05, 4.69) is 15.3 Å². The van der Waals surface area contributed by atoms with Gasteiger partial charge in [-0.2, -0.15) is 0 Å². The molecule has 0 saturated heterocycles. The zero-order valence-corrected chi connectivity index (χ0v) is 14.3. The number of aromatic hydroxyl groups is 1. The third kappa shape index (κ3) is 2.93. The van der Waals surface area contributed by atoms with Crippen LogP contribution in [0.3, 0.4) is 0 Å². The van der Waals surface area contributed by atoms with E-state index < -0.39 is 0 Å². The van der Waals surface area contributed by atoms with Crippen molar-refractivity contribution in [3.63, 3.8) is 0 Å². The molecule has 130 valence electrons. The fourth-order valence-corrected chi connectivity index (χ4v) is 2.83. The number of nitrogens with zero attached hydrogens (tertiary/aromatic N) is 3. The number of hydrogen-bond donors (Lipinski definition) is 2. The molecule has 4 rings (SSSR count). The summed E-state index contributed by atoms with van der Waals surface area (Å²) in [5.41, 5.74) is 2.90. The quantitative estimate of drug-likeness (QED) is 0.565. The van der Waals surface area contributed by atoms with Crippen LogP contribution in [0.15, 0.2) is 67.1 Å². The minimum absolute atomic E-state index is 0.179. The lowest BCUT2D eigenvalue weighted by atomic mass is 10.1. The zero-order valence-electron chi connectivity index (χ0n) is 14.3. The minimum Gasteiger partial charge on any atom is -0.507 e. The van der Waals surface area contributed by atoms with Gasteiger partial charge in [0.1, 0.15) is 23.0 Å². The fourth-order valence-electron chi connectivity index (χ4n) is 2.83. The molecule has 0 bridgehead atoms. The number of para-hydroxylation sites is 1. The maximum absolute atomic E-state index is 10.3. The van der Waals surface area contributed by atoms with Crippen molar-refractivity contribution in [1.82, 2.24) is 14.4 Å². The number of imidazole rings is 1. The lowest BCUT2D eigenvalue weighted by Crippen LogP contribution is -1.98. The second kappa shape index (κ2) is 6.76. The van der Waals surface area contributed by atoms with Gasteiger partial charge in [-0.3, -0.25) is 9.38 Å². The molecule has 0 aliphatic carbocycles. The van der Waals surface area contributed by atoms with Crippen LogP contribution in [0, 0.1) is 0 Å². The van der Waals surface area contributed by atoms with Gasteiger partial charge >= 0.3 is 0 Å². The molecular weight excluding hydrogens is 328 g/mol. The number of ether oxygens (including phenoxy) is 1. The van der Waals surface area contributed by atoms with Crippen LogP contribution in [0.4, 0.5) is 11.5 Å². The Hall–Kier alpha value is -3.54. The molecule has 2 N–H and O–H groups in total. The number of anilines is 2. The van der Waals surface area contributed by atoms with Crippen LogP contribution in [-0.4, -0.2) is 26.1 Å². The molecule has 0 saturated carbocycles. The van der Waals surface area contributed by atoms with Crippen LogP contribution < -0.4 is 10.1 Å². The molecule has 0 aliphatic heterocycles. The third-order valence-electron chi connectivity index (χ3n) is 4.02. The van der Waals surface area contributed by atoms with Gasteiger partial charge in [-0.25, -0.2) is 4.98 Å². The summed E-state index contributed by atoms with van der Waals surface area (Å²) in [4.78, 5) is 8.77. The molecule has 2 heterocycles. The highest BCUT2D eigenvalue weighted by molar-refractivity contribution is 5.82. The van der Waals surface area contributed by atoms with Gasteiger partial charge in [0.25, 0.3) is 0 Å². The lowest BCUT2D eigenvalue weighted by Gasteiger charge is -2.10. The smallest absolute Gasteiger partial charge is 0.157 e. The lowest BCUT2D eigenvalue weighted by molar-refractivity contribution is 0.340. The Balaban J connectivity index is 1.80. The van der Waals surface area contributed by atoms with E-state index >= 15 is 0 Å². The van der Waals surface area contributed by atoms with Crippen molar-refractivity contribution in [2.75, 3.05) is 11.9 Å². The first kappa shape index (κ1) is 16.0. The summed E-state index contributed by atoms with van der Waals surface area (Å²) in [7, 11) is 0. The first-order valence-electron chi connectivity index (χ1n) is 8.36. The zero-order chi connectivity index (χ0) is 17.9. The van der Waals surface area contributed by atoms with E-state index in [1.165, 1.54) is 0 Å². The molecule has 2 aromatic carbocycles. The van der Waals surface area contributed by atoms with Gasteiger partial charge in [0, 0.05) is 23.6 Å². The molecule has 0 aliphatic rings. The van der Waals surface area contributed by atoms with Crippen LogP contribution in [0.1, 0.15) is 6.92 Å². The third-order valence-corrected chi connectivity index (χ3v) is 4.02. The molecule has 0 atom stereocenters. The van der Waals surface area contributed by atoms with E-state index in [9.17, 15) is 5.11 Å². The van der Waals surface area contributed by atoms with Gasteiger partial charge in [-0.15, -0.1) is 0 Å². The highest BCUT2D eigenvalue weighted by Crippen LogP contribution is 2.35. The Morgan fingerprint density at radius 1 is 1.12 bits per heavy atom. The molecule has 6 heteroatoms. The molecule has 4 aromatic rings. The predicted octanol–water partition coefficient (Wildman–Crippen LogP) is 4.24. The number of nitrogens with one attached hydrogen (secondary N) is 1. The molecular formula is C20H18N4O2. The average molecular weight is 346 g/mol. The Kier molecular flexibility index (Phi) is 4.15. The maximum atomic E-state index is 10.3. The van der Waals surface area contributed by atoms with Gasteiger partial charge in [0.05, 0.1) is 12.8 Å². The summed E-state index contributed by atoms with van der Waals surface area (Å²) in [6.45, 7) is 2.59. The van der Waals surface area contributed by atoms with Crippen molar-refractivity contribution >= 4 is 17.2 Å². The SMILES string of the molecule is CCOc1ccc(Nc2c(-c3ccccc3O)nc3cnccn23)cc1. The highest BCUT2D eigenvalue weighted by Gasteiger charge is 2.17. The minimum atomic E-state index is 0.179. The highest BCUT2D eigenvalue weighted by atomic mass is 16.5. The number of rotatable bonds is 5. The van der Waals surface area contributed by atoms with E-state index in [1.54, 1.807) is 24.5 Å². The Labute approximate surface area is 150 Å². The van der Waals surface area contributed by atoms with E-state index in [4.69, 9.17) is 4.74 Å². The topological polar surface area (TPSA) is 71.7 Å². The van der Waals surface area contributed by atoms with Gasteiger partial charge in [0.15, 0.2) is 5.65 Å². The normalized spacial score (nSPS) is 10.8. The summed E-state index contributed by atoms with van der Waals surface area (Å²) in [5, 5.41) is 13.7.